The normalized spacial score (nSPS) is 19.8. The summed E-state index contributed by atoms with van der Waals surface area (Å²) in [5, 5.41) is 2.42. The average Bonchev–Trinajstić information content (AvgIpc) is 2.35. The van der Waals surface area contributed by atoms with Crippen molar-refractivity contribution in [1.82, 2.24) is 5.32 Å². The largest absolute Gasteiger partial charge is 0.573 e. The van der Waals surface area contributed by atoms with Crippen LogP contribution in [-0.4, -0.2) is 30.8 Å². The van der Waals surface area contributed by atoms with E-state index in [4.69, 9.17) is 0 Å². The molecule has 20 heavy (non-hydrogen) atoms. The number of piperazine rings is 1. The van der Waals surface area contributed by atoms with Gasteiger partial charge in [0.15, 0.2) is 0 Å². The zero-order chi connectivity index (χ0) is 14.9. The van der Waals surface area contributed by atoms with Gasteiger partial charge in [0.25, 0.3) is 0 Å². The minimum Gasteiger partial charge on any atom is -0.406 e. The molecule has 1 aromatic rings. The summed E-state index contributed by atoms with van der Waals surface area (Å²) in [5.74, 6) is -1.04. The highest BCUT2D eigenvalue weighted by molar-refractivity contribution is 6.06. The minimum atomic E-state index is -4.77. The Bertz CT molecular complexity index is 528. The molecule has 108 valence electrons. The third-order valence-electron chi connectivity index (χ3n) is 2.80. The Kier molecular flexibility index (Phi) is 3.56. The van der Waals surface area contributed by atoms with Crippen LogP contribution >= 0.6 is 0 Å². The number of hydrogen-bond acceptors (Lipinski definition) is 3. The number of ether oxygens (including phenoxy) is 1. The fourth-order valence-electron chi connectivity index (χ4n) is 1.90. The summed E-state index contributed by atoms with van der Waals surface area (Å²) in [7, 11) is 0. The number of halogens is 3. The molecule has 2 rings (SSSR count). The van der Waals surface area contributed by atoms with Crippen molar-refractivity contribution in [2.75, 3.05) is 11.4 Å². The van der Waals surface area contributed by atoms with E-state index in [-0.39, 0.29) is 24.1 Å². The maximum absolute atomic E-state index is 12.0. The van der Waals surface area contributed by atoms with E-state index in [0.717, 1.165) is 12.1 Å². The molecule has 1 aliphatic heterocycles. The predicted octanol–water partition coefficient (Wildman–Crippen LogP) is 1.44. The third-order valence-corrected chi connectivity index (χ3v) is 2.80. The molecule has 0 saturated carbocycles. The molecule has 1 atom stereocenters. The van der Waals surface area contributed by atoms with E-state index in [1.165, 1.54) is 24.0 Å². The molecule has 1 aliphatic rings. The molecular formula is C12H11F3N2O3. The van der Waals surface area contributed by atoms with E-state index < -0.39 is 12.4 Å². The highest BCUT2D eigenvalue weighted by Gasteiger charge is 2.33. The van der Waals surface area contributed by atoms with Crippen LogP contribution < -0.4 is 15.0 Å². The van der Waals surface area contributed by atoms with Crippen LogP contribution in [0.15, 0.2) is 24.3 Å². The molecule has 1 saturated heterocycles. The lowest BCUT2D eigenvalue weighted by Gasteiger charge is -2.32. The first-order valence-corrected chi connectivity index (χ1v) is 5.73. The Hall–Kier alpha value is -2.25. The molecule has 0 radical (unpaired) electrons. The fourth-order valence-corrected chi connectivity index (χ4v) is 1.90. The van der Waals surface area contributed by atoms with E-state index in [2.05, 4.69) is 10.1 Å². The van der Waals surface area contributed by atoms with Crippen molar-refractivity contribution in [3.63, 3.8) is 0 Å². The van der Waals surface area contributed by atoms with Crippen LogP contribution in [0.1, 0.15) is 6.92 Å². The van der Waals surface area contributed by atoms with Crippen molar-refractivity contribution in [2.45, 2.75) is 19.3 Å². The average molecular weight is 288 g/mol. The van der Waals surface area contributed by atoms with Crippen LogP contribution in [-0.2, 0) is 9.59 Å². The van der Waals surface area contributed by atoms with E-state index >= 15 is 0 Å². The fraction of sp³-hybridized carbons (Fsp3) is 0.333. The van der Waals surface area contributed by atoms with E-state index in [1.807, 2.05) is 0 Å². The smallest absolute Gasteiger partial charge is 0.406 e. The molecule has 1 fully saturated rings. The molecule has 1 aromatic carbocycles. The van der Waals surface area contributed by atoms with Gasteiger partial charge in [-0.1, -0.05) is 0 Å². The number of carbonyl (C=O) groups is 2. The number of nitrogens with zero attached hydrogens (tertiary/aromatic N) is 1. The second-order valence-electron chi connectivity index (χ2n) is 4.20. The zero-order valence-corrected chi connectivity index (χ0v) is 10.4. The van der Waals surface area contributed by atoms with Gasteiger partial charge in [-0.25, -0.2) is 0 Å². The van der Waals surface area contributed by atoms with Crippen molar-refractivity contribution in [3.8, 4) is 5.75 Å². The van der Waals surface area contributed by atoms with Gasteiger partial charge in [-0.3, -0.25) is 14.5 Å². The molecule has 2 amide bonds. The molecule has 8 heteroatoms. The number of benzene rings is 1. The summed E-state index contributed by atoms with van der Waals surface area (Å²) in [4.78, 5) is 24.5. The topological polar surface area (TPSA) is 58.6 Å². The quantitative estimate of drug-likeness (QED) is 0.895. The first-order valence-electron chi connectivity index (χ1n) is 5.73. The lowest BCUT2D eigenvalue weighted by molar-refractivity contribution is -0.274. The molecule has 0 bridgehead atoms. The second kappa shape index (κ2) is 5.03. The molecular weight excluding hydrogens is 277 g/mol. The third kappa shape index (κ3) is 3.01. The monoisotopic (exact) mass is 288 g/mol. The van der Waals surface area contributed by atoms with Crippen molar-refractivity contribution in [1.29, 1.82) is 0 Å². The first kappa shape index (κ1) is 14.2. The van der Waals surface area contributed by atoms with Crippen molar-refractivity contribution < 1.29 is 27.5 Å². The Labute approximate surface area is 112 Å². The number of nitrogens with one attached hydrogen (secondary N) is 1. The van der Waals surface area contributed by atoms with Crippen molar-refractivity contribution in [3.05, 3.63) is 24.3 Å². The number of carbonyl (C=O) groups excluding carboxylic acids is 2. The van der Waals surface area contributed by atoms with Gasteiger partial charge in [-0.05, 0) is 31.2 Å². The van der Waals surface area contributed by atoms with E-state index in [1.54, 1.807) is 0 Å². The van der Waals surface area contributed by atoms with Gasteiger partial charge in [-0.15, -0.1) is 13.2 Å². The van der Waals surface area contributed by atoms with Crippen LogP contribution in [0.25, 0.3) is 0 Å². The SMILES string of the molecule is CC1C(=O)NCC(=O)N1c1ccc(OC(F)(F)F)cc1. The van der Waals surface area contributed by atoms with Crippen LogP contribution in [0.5, 0.6) is 5.75 Å². The highest BCUT2D eigenvalue weighted by Crippen LogP contribution is 2.26. The molecule has 0 spiro atoms. The van der Waals surface area contributed by atoms with Gasteiger partial charge < -0.3 is 10.1 Å². The Morgan fingerprint density at radius 1 is 1.25 bits per heavy atom. The molecule has 0 aliphatic carbocycles. The summed E-state index contributed by atoms with van der Waals surface area (Å²) >= 11 is 0. The zero-order valence-electron chi connectivity index (χ0n) is 10.4. The summed E-state index contributed by atoms with van der Waals surface area (Å²) in [6.07, 6.45) is -4.77. The van der Waals surface area contributed by atoms with Crippen LogP contribution in [0, 0.1) is 0 Å². The van der Waals surface area contributed by atoms with Gasteiger partial charge in [0, 0.05) is 5.69 Å². The molecule has 1 heterocycles. The highest BCUT2D eigenvalue weighted by atomic mass is 19.4. The van der Waals surface area contributed by atoms with Gasteiger partial charge in [-0.2, -0.15) is 0 Å². The van der Waals surface area contributed by atoms with Crippen LogP contribution in [0.3, 0.4) is 0 Å². The van der Waals surface area contributed by atoms with Crippen LogP contribution in [0.4, 0.5) is 18.9 Å². The molecule has 1 N–H and O–H groups in total. The number of amides is 2. The summed E-state index contributed by atoms with van der Waals surface area (Å²) in [6.45, 7) is 1.40. The molecule has 1 unspecified atom stereocenters. The maximum atomic E-state index is 12.0. The number of rotatable bonds is 2. The Morgan fingerprint density at radius 2 is 1.85 bits per heavy atom. The van der Waals surface area contributed by atoms with Gasteiger partial charge in [0.1, 0.15) is 11.8 Å². The molecule has 0 aromatic heterocycles. The van der Waals surface area contributed by atoms with Gasteiger partial charge in [0.05, 0.1) is 6.54 Å². The van der Waals surface area contributed by atoms with Gasteiger partial charge in [0.2, 0.25) is 11.8 Å². The second-order valence-corrected chi connectivity index (χ2v) is 4.20. The number of anilines is 1. The number of alkyl halides is 3. The van der Waals surface area contributed by atoms with Crippen molar-refractivity contribution >= 4 is 17.5 Å². The minimum absolute atomic E-state index is 0.135. The summed E-state index contributed by atoms with van der Waals surface area (Å²) in [6, 6.07) is 4.07. The van der Waals surface area contributed by atoms with Gasteiger partial charge >= 0.3 is 6.36 Å². The summed E-state index contributed by atoms with van der Waals surface area (Å²) in [5.41, 5.74) is 0.340. The van der Waals surface area contributed by atoms with E-state index in [9.17, 15) is 22.8 Å². The lowest BCUT2D eigenvalue weighted by atomic mass is 10.1. The Balaban J connectivity index is 2.20. The Morgan fingerprint density at radius 3 is 2.40 bits per heavy atom. The molecule has 5 nitrogen and oxygen atoms in total. The van der Waals surface area contributed by atoms with E-state index in [0.29, 0.717) is 5.69 Å². The maximum Gasteiger partial charge on any atom is 0.573 e. The predicted molar refractivity (Wildman–Crippen MR) is 63.1 cm³/mol. The standard InChI is InChI=1S/C12H11F3N2O3/c1-7-11(19)16-6-10(18)17(7)8-2-4-9(5-3-8)20-12(13,14)15/h2-5,7H,6H2,1H3,(H,16,19). The number of hydrogen-bond donors (Lipinski definition) is 1. The first-order chi connectivity index (χ1) is 9.28. The van der Waals surface area contributed by atoms with Crippen LogP contribution in [0.2, 0.25) is 0 Å². The lowest BCUT2D eigenvalue weighted by Crippen LogP contribution is -2.57. The van der Waals surface area contributed by atoms with Crippen molar-refractivity contribution in [2.24, 2.45) is 0 Å². The summed E-state index contributed by atoms with van der Waals surface area (Å²) < 4.78 is 39.8.